The number of likely N-dealkylation sites (tertiary alicyclic amines) is 1. The molecule has 1 spiro atoms. The molecule has 0 aromatic heterocycles. The van der Waals surface area contributed by atoms with Gasteiger partial charge < -0.3 is 10.1 Å². The molecule has 0 bridgehead atoms. The number of halogens is 1. The summed E-state index contributed by atoms with van der Waals surface area (Å²) in [4.78, 5) is 2.53. The normalized spacial score (nSPS) is 27.2. The number of benzene rings is 1. The van der Waals surface area contributed by atoms with E-state index in [1.54, 1.807) is 0 Å². The van der Waals surface area contributed by atoms with Gasteiger partial charge in [0.2, 0.25) is 0 Å². The van der Waals surface area contributed by atoms with Gasteiger partial charge in [-0.3, -0.25) is 4.90 Å². The lowest BCUT2D eigenvalue weighted by molar-refractivity contribution is 0.217. The molecule has 3 nitrogen and oxygen atoms in total. The molecule has 1 aromatic carbocycles. The van der Waals surface area contributed by atoms with Crippen LogP contribution in [-0.4, -0.2) is 44.2 Å². The van der Waals surface area contributed by atoms with E-state index in [0.29, 0.717) is 5.41 Å². The average Bonchev–Trinajstić information content (AvgIpc) is 3.03. The van der Waals surface area contributed by atoms with E-state index in [4.69, 9.17) is 16.3 Å². The third-order valence-electron chi connectivity index (χ3n) is 4.34. The third-order valence-corrected chi connectivity index (χ3v) is 4.59. The van der Waals surface area contributed by atoms with Crippen LogP contribution in [0.15, 0.2) is 24.3 Å². The van der Waals surface area contributed by atoms with Gasteiger partial charge in [0.25, 0.3) is 0 Å². The molecule has 19 heavy (non-hydrogen) atoms. The maximum absolute atomic E-state index is 5.85. The smallest absolute Gasteiger partial charge is 0.119 e. The number of hydrogen-bond donors (Lipinski definition) is 1. The van der Waals surface area contributed by atoms with Gasteiger partial charge in [-0.25, -0.2) is 0 Å². The second kappa shape index (κ2) is 5.70. The fourth-order valence-corrected chi connectivity index (χ4v) is 3.31. The molecular weight excluding hydrogens is 260 g/mol. The van der Waals surface area contributed by atoms with E-state index in [1.165, 1.54) is 39.0 Å². The molecule has 4 heteroatoms. The van der Waals surface area contributed by atoms with E-state index in [2.05, 4.69) is 10.2 Å². The molecule has 0 aliphatic carbocycles. The zero-order valence-corrected chi connectivity index (χ0v) is 12.0. The Morgan fingerprint density at radius 3 is 2.84 bits per heavy atom. The van der Waals surface area contributed by atoms with Crippen LogP contribution in [0.25, 0.3) is 0 Å². The molecule has 1 unspecified atom stereocenters. The van der Waals surface area contributed by atoms with Crippen molar-refractivity contribution < 1.29 is 4.74 Å². The molecule has 104 valence electrons. The van der Waals surface area contributed by atoms with E-state index in [0.717, 1.165) is 23.9 Å². The summed E-state index contributed by atoms with van der Waals surface area (Å²) in [6, 6.07) is 7.58. The summed E-state index contributed by atoms with van der Waals surface area (Å²) in [5.41, 5.74) is 0.556. The lowest BCUT2D eigenvalue weighted by Gasteiger charge is -2.22. The molecule has 0 saturated carbocycles. The van der Waals surface area contributed by atoms with Crippen molar-refractivity contribution in [3.63, 3.8) is 0 Å². The maximum Gasteiger partial charge on any atom is 0.119 e. The second-order valence-electron chi connectivity index (χ2n) is 5.76. The summed E-state index contributed by atoms with van der Waals surface area (Å²) in [5, 5.41) is 4.24. The first-order chi connectivity index (χ1) is 9.26. The lowest BCUT2D eigenvalue weighted by atomic mass is 9.87. The second-order valence-corrected chi connectivity index (χ2v) is 6.19. The molecule has 1 atom stereocenters. The number of ether oxygens (including phenoxy) is 1. The van der Waals surface area contributed by atoms with Crippen LogP contribution in [0.4, 0.5) is 0 Å². The molecule has 3 rings (SSSR count). The van der Waals surface area contributed by atoms with Crippen molar-refractivity contribution in [1.29, 1.82) is 0 Å². The Morgan fingerprint density at radius 1 is 1.26 bits per heavy atom. The van der Waals surface area contributed by atoms with Crippen LogP contribution in [0.1, 0.15) is 12.8 Å². The topological polar surface area (TPSA) is 24.5 Å². The Bertz CT molecular complexity index is 415. The van der Waals surface area contributed by atoms with Gasteiger partial charge in [-0.15, -0.1) is 0 Å². The molecular formula is C15H21ClN2O. The highest BCUT2D eigenvalue weighted by Crippen LogP contribution is 2.35. The maximum atomic E-state index is 5.85. The lowest BCUT2D eigenvalue weighted by Crippen LogP contribution is -2.31. The quantitative estimate of drug-likeness (QED) is 0.917. The molecule has 2 fully saturated rings. The molecule has 0 radical (unpaired) electrons. The molecule has 2 aliphatic heterocycles. The van der Waals surface area contributed by atoms with Gasteiger partial charge in [0.1, 0.15) is 12.4 Å². The van der Waals surface area contributed by atoms with Crippen molar-refractivity contribution in [3.05, 3.63) is 29.3 Å². The minimum atomic E-state index is 0.556. The molecule has 2 aliphatic rings. The standard InChI is InChI=1S/C15H21ClN2O/c16-13-1-3-14(4-2-13)19-10-9-18-8-6-15(12-18)5-7-17-11-15/h1-4,17H,5-12H2. The van der Waals surface area contributed by atoms with Crippen molar-refractivity contribution in [2.24, 2.45) is 5.41 Å². The van der Waals surface area contributed by atoms with Crippen molar-refractivity contribution in [1.82, 2.24) is 10.2 Å². The van der Waals surface area contributed by atoms with Crippen LogP contribution in [0.3, 0.4) is 0 Å². The van der Waals surface area contributed by atoms with Gasteiger partial charge in [0.05, 0.1) is 0 Å². The van der Waals surface area contributed by atoms with Crippen LogP contribution in [0, 0.1) is 5.41 Å². The molecule has 0 amide bonds. The molecule has 2 saturated heterocycles. The average molecular weight is 281 g/mol. The Labute approximate surface area is 119 Å². The number of rotatable bonds is 4. The zero-order valence-electron chi connectivity index (χ0n) is 11.2. The number of nitrogens with zero attached hydrogens (tertiary/aromatic N) is 1. The molecule has 1 aromatic rings. The van der Waals surface area contributed by atoms with Gasteiger partial charge >= 0.3 is 0 Å². The first-order valence-corrected chi connectivity index (χ1v) is 7.45. The zero-order chi connectivity index (χ0) is 13.1. The van der Waals surface area contributed by atoms with Crippen molar-refractivity contribution in [2.45, 2.75) is 12.8 Å². The van der Waals surface area contributed by atoms with Crippen molar-refractivity contribution >= 4 is 11.6 Å². The van der Waals surface area contributed by atoms with Gasteiger partial charge in [0.15, 0.2) is 0 Å². The minimum absolute atomic E-state index is 0.556. The highest BCUT2D eigenvalue weighted by molar-refractivity contribution is 6.30. The van der Waals surface area contributed by atoms with E-state index in [1.807, 2.05) is 24.3 Å². The Hall–Kier alpha value is -0.770. The van der Waals surface area contributed by atoms with E-state index in [-0.39, 0.29) is 0 Å². The van der Waals surface area contributed by atoms with Gasteiger partial charge in [-0.1, -0.05) is 11.6 Å². The Morgan fingerprint density at radius 2 is 2.11 bits per heavy atom. The van der Waals surface area contributed by atoms with E-state index >= 15 is 0 Å². The van der Waals surface area contributed by atoms with Gasteiger partial charge in [-0.05, 0) is 55.6 Å². The summed E-state index contributed by atoms with van der Waals surface area (Å²) in [5.74, 6) is 0.904. The summed E-state index contributed by atoms with van der Waals surface area (Å²) in [7, 11) is 0. The molecule has 2 heterocycles. The summed E-state index contributed by atoms with van der Waals surface area (Å²) < 4.78 is 5.76. The minimum Gasteiger partial charge on any atom is -0.492 e. The first-order valence-electron chi connectivity index (χ1n) is 7.07. The molecule has 1 N–H and O–H groups in total. The summed E-state index contributed by atoms with van der Waals surface area (Å²) in [6.07, 6.45) is 2.67. The Balaban J connectivity index is 1.42. The first kappa shape index (κ1) is 13.2. The monoisotopic (exact) mass is 280 g/mol. The van der Waals surface area contributed by atoms with E-state index < -0.39 is 0 Å². The summed E-state index contributed by atoms with van der Waals surface area (Å²) >= 11 is 5.85. The third kappa shape index (κ3) is 3.22. The van der Waals surface area contributed by atoms with Gasteiger partial charge in [0, 0.05) is 24.7 Å². The number of hydrogen-bond acceptors (Lipinski definition) is 3. The highest BCUT2D eigenvalue weighted by atomic mass is 35.5. The largest absolute Gasteiger partial charge is 0.492 e. The fraction of sp³-hybridized carbons (Fsp3) is 0.600. The highest BCUT2D eigenvalue weighted by Gasteiger charge is 2.39. The van der Waals surface area contributed by atoms with E-state index in [9.17, 15) is 0 Å². The van der Waals surface area contributed by atoms with Crippen molar-refractivity contribution in [2.75, 3.05) is 39.3 Å². The Kier molecular flexibility index (Phi) is 3.96. The van der Waals surface area contributed by atoms with Crippen LogP contribution >= 0.6 is 11.6 Å². The van der Waals surface area contributed by atoms with Crippen LogP contribution in [0.2, 0.25) is 5.02 Å². The fourth-order valence-electron chi connectivity index (χ4n) is 3.19. The van der Waals surface area contributed by atoms with Gasteiger partial charge in [-0.2, -0.15) is 0 Å². The van der Waals surface area contributed by atoms with Crippen LogP contribution in [0.5, 0.6) is 5.75 Å². The SMILES string of the molecule is Clc1ccc(OCCN2CCC3(CCNC3)C2)cc1. The van der Waals surface area contributed by atoms with Crippen molar-refractivity contribution in [3.8, 4) is 5.75 Å². The predicted octanol–water partition coefficient (Wildman–Crippen LogP) is 2.40. The van der Waals surface area contributed by atoms with Crippen LogP contribution in [-0.2, 0) is 0 Å². The number of nitrogens with one attached hydrogen (secondary N) is 1. The summed E-state index contributed by atoms with van der Waals surface area (Å²) in [6.45, 7) is 6.60. The van der Waals surface area contributed by atoms with Crippen LogP contribution < -0.4 is 10.1 Å². The predicted molar refractivity (Wildman–Crippen MR) is 77.9 cm³/mol.